The van der Waals surface area contributed by atoms with Crippen LogP contribution in [0.25, 0.3) is 0 Å². The molecule has 1 aliphatic carbocycles. The molecule has 110 valence electrons. The van der Waals surface area contributed by atoms with E-state index in [1.807, 2.05) is 6.20 Å². The van der Waals surface area contributed by atoms with Gasteiger partial charge in [0, 0.05) is 23.7 Å². The maximum atomic E-state index is 6.15. The van der Waals surface area contributed by atoms with Crippen molar-refractivity contribution in [3.63, 3.8) is 0 Å². The Labute approximate surface area is 126 Å². The first-order chi connectivity index (χ1) is 10.2. The summed E-state index contributed by atoms with van der Waals surface area (Å²) < 4.78 is 0. The number of hydrogen-bond donors (Lipinski definition) is 2. The van der Waals surface area contributed by atoms with Gasteiger partial charge in [-0.1, -0.05) is 31.2 Å². The van der Waals surface area contributed by atoms with Crippen molar-refractivity contribution in [2.45, 2.75) is 38.6 Å². The number of anilines is 1. The van der Waals surface area contributed by atoms with Crippen LogP contribution in [0.15, 0.2) is 36.5 Å². The van der Waals surface area contributed by atoms with Gasteiger partial charge in [-0.2, -0.15) is 0 Å². The summed E-state index contributed by atoms with van der Waals surface area (Å²) in [6.07, 6.45) is 4.07. The number of nitrogen functional groups attached to an aromatic ring is 1. The van der Waals surface area contributed by atoms with Crippen LogP contribution in [0, 0.1) is 6.92 Å². The van der Waals surface area contributed by atoms with Gasteiger partial charge < -0.3 is 11.1 Å². The molecule has 0 fully saturated rings. The summed E-state index contributed by atoms with van der Waals surface area (Å²) in [7, 11) is 0. The fourth-order valence-electron chi connectivity index (χ4n) is 3.22. The van der Waals surface area contributed by atoms with E-state index in [2.05, 4.69) is 54.5 Å². The van der Waals surface area contributed by atoms with Gasteiger partial charge in [0.05, 0.1) is 0 Å². The molecule has 0 saturated heterocycles. The fraction of sp³-hybridized carbons (Fsp3) is 0.389. The SMILES string of the molecule is CCCNC(c1cc(C)cnc1N)C1Cc2ccccc21. The Morgan fingerprint density at radius 1 is 1.38 bits per heavy atom. The van der Waals surface area contributed by atoms with Crippen LogP contribution in [0.2, 0.25) is 0 Å². The lowest BCUT2D eigenvalue weighted by molar-refractivity contribution is 0.412. The Morgan fingerprint density at radius 2 is 2.19 bits per heavy atom. The molecule has 3 N–H and O–H groups in total. The van der Waals surface area contributed by atoms with Crippen molar-refractivity contribution in [1.29, 1.82) is 0 Å². The number of aryl methyl sites for hydroxylation is 1. The van der Waals surface area contributed by atoms with Crippen molar-refractivity contribution < 1.29 is 0 Å². The Bertz CT molecular complexity index is 636. The number of rotatable bonds is 5. The minimum Gasteiger partial charge on any atom is -0.383 e. The molecule has 2 aromatic rings. The molecular weight excluding hydrogens is 258 g/mol. The van der Waals surface area contributed by atoms with Gasteiger partial charge in [-0.15, -0.1) is 0 Å². The van der Waals surface area contributed by atoms with Gasteiger partial charge >= 0.3 is 0 Å². The molecule has 3 heteroatoms. The van der Waals surface area contributed by atoms with Crippen molar-refractivity contribution in [3.8, 4) is 0 Å². The quantitative estimate of drug-likeness (QED) is 0.883. The average molecular weight is 281 g/mol. The van der Waals surface area contributed by atoms with E-state index in [9.17, 15) is 0 Å². The second-order valence-electron chi connectivity index (χ2n) is 5.93. The van der Waals surface area contributed by atoms with E-state index < -0.39 is 0 Å². The van der Waals surface area contributed by atoms with Gasteiger partial charge in [-0.3, -0.25) is 0 Å². The molecule has 3 nitrogen and oxygen atoms in total. The largest absolute Gasteiger partial charge is 0.383 e. The molecule has 0 spiro atoms. The monoisotopic (exact) mass is 281 g/mol. The predicted molar refractivity (Wildman–Crippen MR) is 87.3 cm³/mol. The molecule has 0 bridgehead atoms. The molecule has 1 heterocycles. The second-order valence-corrected chi connectivity index (χ2v) is 5.93. The molecule has 21 heavy (non-hydrogen) atoms. The highest BCUT2D eigenvalue weighted by Crippen LogP contribution is 2.44. The Kier molecular flexibility index (Phi) is 3.93. The predicted octanol–water partition coefficient (Wildman–Crippen LogP) is 3.35. The maximum Gasteiger partial charge on any atom is 0.128 e. The second kappa shape index (κ2) is 5.86. The molecule has 3 rings (SSSR count). The van der Waals surface area contributed by atoms with E-state index >= 15 is 0 Å². The number of nitrogens with two attached hydrogens (primary N) is 1. The lowest BCUT2D eigenvalue weighted by Gasteiger charge is -2.37. The number of benzene rings is 1. The van der Waals surface area contributed by atoms with Crippen LogP contribution in [-0.4, -0.2) is 11.5 Å². The Hall–Kier alpha value is -1.87. The third kappa shape index (κ3) is 2.66. The normalized spacial score (nSPS) is 17.9. The Morgan fingerprint density at radius 3 is 2.95 bits per heavy atom. The first-order valence-corrected chi connectivity index (χ1v) is 7.74. The summed E-state index contributed by atoms with van der Waals surface area (Å²) in [6, 6.07) is 11.1. The summed E-state index contributed by atoms with van der Waals surface area (Å²) in [5.41, 5.74) is 11.4. The number of nitrogens with one attached hydrogen (secondary N) is 1. The first-order valence-electron chi connectivity index (χ1n) is 7.74. The third-order valence-corrected chi connectivity index (χ3v) is 4.33. The van der Waals surface area contributed by atoms with E-state index in [1.165, 1.54) is 11.1 Å². The number of fused-ring (bicyclic) bond motifs is 1. The average Bonchev–Trinajstić information content (AvgIpc) is 2.46. The van der Waals surface area contributed by atoms with Crippen LogP contribution in [0.5, 0.6) is 0 Å². The lowest BCUT2D eigenvalue weighted by Crippen LogP contribution is -2.34. The standard InChI is InChI=1S/C18H23N3/c1-3-8-20-17(16-9-12(2)11-21-18(16)19)15-10-13-6-4-5-7-14(13)15/h4-7,9,11,15,17,20H,3,8,10H2,1-2H3,(H2,19,21). The summed E-state index contributed by atoms with van der Waals surface area (Å²) in [4.78, 5) is 4.34. The van der Waals surface area contributed by atoms with Crippen molar-refractivity contribution in [2.24, 2.45) is 0 Å². The molecule has 0 saturated carbocycles. The van der Waals surface area contributed by atoms with Crippen LogP contribution >= 0.6 is 0 Å². The minimum absolute atomic E-state index is 0.257. The summed E-state index contributed by atoms with van der Waals surface area (Å²) in [6.45, 7) is 5.26. The first kappa shape index (κ1) is 14.1. The van der Waals surface area contributed by atoms with Crippen molar-refractivity contribution >= 4 is 5.82 Å². The maximum absolute atomic E-state index is 6.15. The smallest absolute Gasteiger partial charge is 0.128 e. The van der Waals surface area contributed by atoms with Gasteiger partial charge in [0.25, 0.3) is 0 Å². The zero-order valence-corrected chi connectivity index (χ0v) is 12.8. The van der Waals surface area contributed by atoms with E-state index in [1.54, 1.807) is 0 Å². The van der Waals surface area contributed by atoms with Crippen LogP contribution in [-0.2, 0) is 6.42 Å². The summed E-state index contributed by atoms with van der Waals surface area (Å²) in [5.74, 6) is 1.15. The van der Waals surface area contributed by atoms with Crippen LogP contribution in [0.3, 0.4) is 0 Å². The molecular formula is C18H23N3. The molecule has 0 aliphatic heterocycles. The molecule has 1 aromatic heterocycles. The lowest BCUT2D eigenvalue weighted by atomic mass is 9.71. The van der Waals surface area contributed by atoms with Gasteiger partial charge in [-0.05, 0) is 49.1 Å². The number of hydrogen-bond acceptors (Lipinski definition) is 3. The number of nitrogens with zero attached hydrogens (tertiary/aromatic N) is 1. The highest BCUT2D eigenvalue weighted by molar-refractivity contribution is 5.49. The highest BCUT2D eigenvalue weighted by atomic mass is 14.9. The van der Waals surface area contributed by atoms with E-state index in [0.29, 0.717) is 11.7 Å². The van der Waals surface area contributed by atoms with Crippen molar-refractivity contribution in [3.05, 3.63) is 58.8 Å². The molecule has 0 amide bonds. The van der Waals surface area contributed by atoms with Crippen molar-refractivity contribution in [2.75, 3.05) is 12.3 Å². The van der Waals surface area contributed by atoms with Gasteiger partial charge in [-0.25, -0.2) is 4.98 Å². The Balaban J connectivity index is 1.94. The molecule has 0 radical (unpaired) electrons. The zero-order chi connectivity index (χ0) is 14.8. The fourth-order valence-corrected chi connectivity index (χ4v) is 3.22. The van der Waals surface area contributed by atoms with Gasteiger partial charge in [0.2, 0.25) is 0 Å². The van der Waals surface area contributed by atoms with E-state index in [0.717, 1.165) is 30.5 Å². The summed E-state index contributed by atoms with van der Waals surface area (Å²) in [5, 5.41) is 3.68. The molecule has 2 unspecified atom stereocenters. The van der Waals surface area contributed by atoms with E-state index in [-0.39, 0.29) is 6.04 Å². The topological polar surface area (TPSA) is 50.9 Å². The molecule has 2 atom stereocenters. The van der Waals surface area contributed by atoms with Crippen molar-refractivity contribution in [1.82, 2.24) is 10.3 Å². The highest BCUT2D eigenvalue weighted by Gasteiger charge is 2.34. The van der Waals surface area contributed by atoms with Crippen LogP contribution in [0.1, 0.15) is 47.6 Å². The van der Waals surface area contributed by atoms with Gasteiger partial charge in [0.15, 0.2) is 0 Å². The van der Waals surface area contributed by atoms with Crippen LogP contribution < -0.4 is 11.1 Å². The minimum atomic E-state index is 0.257. The number of aromatic nitrogens is 1. The molecule has 1 aliphatic rings. The summed E-state index contributed by atoms with van der Waals surface area (Å²) >= 11 is 0. The molecule has 1 aromatic carbocycles. The van der Waals surface area contributed by atoms with E-state index in [4.69, 9.17) is 5.73 Å². The number of pyridine rings is 1. The van der Waals surface area contributed by atoms with Crippen LogP contribution in [0.4, 0.5) is 5.82 Å². The van der Waals surface area contributed by atoms with Gasteiger partial charge in [0.1, 0.15) is 5.82 Å². The zero-order valence-electron chi connectivity index (χ0n) is 12.8. The third-order valence-electron chi connectivity index (χ3n) is 4.33.